The van der Waals surface area contributed by atoms with Crippen LogP contribution in [0.3, 0.4) is 0 Å². The summed E-state index contributed by atoms with van der Waals surface area (Å²) in [6.45, 7) is 4.97. The molecule has 0 aliphatic carbocycles. The SMILES string of the molecule is Cc1cccc(NC(=S)NCc2ccc(OC3CCN(C)CC3)cc2)c1. The summed E-state index contributed by atoms with van der Waals surface area (Å²) in [4.78, 5) is 2.35. The van der Waals surface area contributed by atoms with Gasteiger partial charge >= 0.3 is 0 Å². The fourth-order valence-corrected chi connectivity index (χ4v) is 3.25. The lowest BCUT2D eigenvalue weighted by atomic mass is 10.1. The molecule has 1 fully saturated rings. The highest BCUT2D eigenvalue weighted by Crippen LogP contribution is 2.19. The molecule has 5 heteroatoms. The molecule has 0 spiro atoms. The van der Waals surface area contributed by atoms with Crippen LogP contribution in [0.1, 0.15) is 24.0 Å². The van der Waals surface area contributed by atoms with Gasteiger partial charge in [0.25, 0.3) is 0 Å². The molecule has 1 aliphatic heterocycles. The number of anilines is 1. The van der Waals surface area contributed by atoms with E-state index in [-0.39, 0.29) is 0 Å². The van der Waals surface area contributed by atoms with Gasteiger partial charge in [-0.15, -0.1) is 0 Å². The number of thiocarbonyl (C=S) groups is 1. The molecule has 3 rings (SSSR count). The first-order valence-corrected chi connectivity index (χ1v) is 9.55. The predicted octanol–water partition coefficient (Wildman–Crippen LogP) is 3.95. The Balaban J connectivity index is 1.44. The molecule has 0 radical (unpaired) electrons. The molecule has 0 amide bonds. The summed E-state index contributed by atoms with van der Waals surface area (Å²) >= 11 is 5.37. The maximum Gasteiger partial charge on any atom is 0.171 e. The van der Waals surface area contributed by atoms with E-state index in [0.29, 0.717) is 17.8 Å². The maximum atomic E-state index is 6.09. The summed E-state index contributed by atoms with van der Waals surface area (Å²) in [5.74, 6) is 0.948. The monoisotopic (exact) mass is 369 g/mol. The van der Waals surface area contributed by atoms with Crippen molar-refractivity contribution in [1.29, 1.82) is 0 Å². The Morgan fingerprint density at radius 2 is 1.88 bits per heavy atom. The van der Waals surface area contributed by atoms with E-state index in [0.717, 1.165) is 37.4 Å². The average molecular weight is 370 g/mol. The second-order valence-electron chi connectivity index (χ2n) is 6.94. The normalized spacial score (nSPS) is 15.5. The number of likely N-dealkylation sites (tertiary alicyclic amines) is 1. The highest BCUT2D eigenvalue weighted by atomic mass is 32.1. The summed E-state index contributed by atoms with van der Waals surface area (Å²) < 4.78 is 6.09. The molecule has 1 saturated heterocycles. The largest absolute Gasteiger partial charge is 0.490 e. The standard InChI is InChI=1S/C21H27N3OS/c1-16-4-3-5-18(14-16)23-21(26)22-15-17-6-8-19(9-7-17)25-20-10-12-24(2)13-11-20/h3-9,14,20H,10-13,15H2,1-2H3,(H2,22,23,26). The van der Waals surface area contributed by atoms with Crippen molar-refractivity contribution in [2.45, 2.75) is 32.4 Å². The third-order valence-electron chi connectivity index (χ3n) is 4.62. The summed E-state index contributed by atoms with van der Waals surface area (Å²) in [7, 11) is 2.16. The number of hydrogen-bond acceptors (Lipinski definition) is 3. The van der Waals surface area contributed by atoms with Gasteiger partial charge in [0.05, 0.1) is 0 Å². The molecular weight excluding hydrogens is 342 g/mol. The number of ether oxygens (including phenoxy) is 1. The van der Waals surface area contributed by atoms with Crippen LogP contribution in [-0.2, 0) is 6.54 Å². The van der Waals surface area contributed by atoms with Crippen molar-refractivity contribution in [3.05, 3.63) is 59.7 Å². The second kappa shape index (κ2) is 9.01. The van der Waals surface area contributed by atoms with E-state index in [2.05, 4.69) is 53.8 Å². The number of rotatable bonds is 5. The van der Waals surface area contributed by atoms with Gasteiger partial charge in [0, 0.05) is 25.3 Å². The molecular formula is C21H27N3OS. The van der Waals surface area contributed by atoms with Crippen LogP contribution in [0.2, 0.25) is 0 Å². The lowest BCUT2D eigenvalue weighted by Crippen LogP contribution is -2.35. The highest BCUT2D eigenvalue weighted by Gasteiger charge is 2.17. The van der Waals surface area contributed by atoms with Gasteiger partial charge in [0.15, 0.2) is 5.11 Å². The van der Waals surface area contributed by atoms with E-state index in [1.165, 1.54) is 11.1 Å². The number of hydrogen-bond donors (Lipinski definition) is 2. The van der Waals surface area contributed by atoms with E-state index >= 15 is 0 Å². The number of nitrogens with one attached hydrogen (secondary N) is 2. The molecule has 4 nitrogen and oxygen atoms in total. The predicted molar refractivity (Wildman–Crippen MR) is 112 cm³/mol. The topological polar surface area (TPSA) is 36.5 Å². The zero-order valence-corrected chi connectivity index (χ0v) is 16.3. The number of nitrogens with zero attached hydrogens (tertiary/aromatic N) is 1. The fraction of sp³-hybridized carbons (Fsp3) is 0.381. The van der Waals surface area contributed by atoms with E-state index in [1.807, 2.05) is 24.3 Å². The van der Waals surface area contributed by atoms with E-state index < -0.39 is 0 Å². The van der Waals surface area contributed by atoms with Crippen LogP contribution in [0.4, 0.5) is 5.69 Å². The first-order valence-electron chi connectivity index (χ1n) is 9.14. The fourth-order valence-electron chi connectivity index (χ4n) is 3.06. The minimum Gasteiger partial charge on any atom is -0.490 e. The van der Waals surface area contributed by atoms with Gasteiger partial charge in [0.1, 0.15) is 11.9 Å². The van der Waals surface area contributed by atoms with Gasteiger partial charge in [0.2, 0.25) is 0 Å². The Kier molecular flexibility index (Phi) is 6.47. The van der Waals surface area contributed by atoms with Crippen LogP contribution in [0.25, 0.3) is 0 Å². The molecule has 0 bridgehead atoms. The summed E-state index contributed by atoms with van der Waals surface area (Å²) in [6, 6.07) is 16.4. The highest BCUT2D eigenvalue weighted by molar-refractivity contribution is 7.80. The third kappa shape index (κ3) is 5.71. The summed E-state index contributed by atoms with van der Waals surface area (Å²) in [5, 5.41) is 7.09. The quantitative estimate of drug-likeness (QED) is 0.781. The lowest BCUT2D eigenvalue weighted by molar-refractivity contribution is 0.114. The first-order chi connectivity index (χ1) is 12.6. The van der Waals surface area contributed by atoms with Gasteiger partial charge in [-0.25, -0.2) is 0 Å². The lowest BCUT2D eigenvalue weighted by Gasteiger charge is -2.29. The molecule has 0 saturated carbocycles. The van der Waals surface area contributed by atoms with Crippen LogP contribution in [0.5, 0.6) is 5.75 Å². The molecule has 2 aromatic carbocycles. The van der Waals surface area contributed by atoms with Gasteiger partial charge < -0.3 is 20.3 Å². The zero-order chi connectivity index (χ0) is 18.4. The van der Waals surface area contributed by atoms with Crippen LogP contribution in [0.15, 0.2) is 48.5 Å². The molecule has 1 aliphatic rings. The Bertz CT molecular complexity index is 724. The molecule has 0 aromatic heterocycles. The first kappa shape index (κ1) is 18.7. The molecule has 26 heavy (non-hydrogen) atoms. The van der Waals surface area contributed by atoms with E-state index in [1.54, 1.807) is 0 Å². The third-order valence-corrected chi connectivity index (χ3v) is 4.87. The molecule has 1 heterocycles. The Labute approximate surface area is 161 Å². The van der Waals surface area contributed by atoms with E-state index in [4.69, 9.17) is 17.0 Å². The van der Waals surface area contributed by atoms with Gasteiger partial charge in [-0.2, -0.15) is 0 Å². The average Bonchev–Trinajstić information content (AvgIpc) is 2.63. The minimum atomic E-state index is 0.335. The van der Waals surface area contributed by atoms with Crippen molar-refractivity contribution in [2.75, 3.05) is 25.5 Å². The van der Waals surface area contributed by atoms with Crippen LogP contribution >= 0.6 is 12.2 Å². The summed E-state index contributed by atoms with van der Waals surface area (Å²) in [5.41, 5.74) is 3.39. The molecule has 138 valence electrons. The molecule has 2 N–H and O–H groups in total. The zero-order valence-electron chi connectivity index (χ0n) is 15.5. The van der Waals surface area contributed by atoms with Crippen molar-refractivity contribution in [2.24, 2.45) is 0 Å². The molecule has 2 aromatic rings. The van der Waals surface area contributed by atoms with Crippen molar-refractivity contribution < 1.29 is 4.74 Å². The summed E-state index contributed by atoms with van der Waals surface area (Å²) in [6.07, 6.45) is 2.53. The molecule has 0 unspecified atom stereocenters. The van der Waals surface area contributed by atoms with Crippen molar-refractivity contribution in [1.82, 2.24) is 10.2 Å². The number of benzene rings is 2. The van der Waals surface area contributed by atoms with Crippen molar-refractivity contribution in [3.63, 3.8) is 0 Å². The van der Waals surface area contributed by atoms with Gasteiger partial charge in [-0.1, -0.05) is 24.3 Å². The number of aryl methyl sites for hydroxylation is 1. The van der Waals surface area contributed by atoms with Crippen LogP contribution in [-0.4, -0.2) is 36.3 Å². The Hall–Kier alpha value is -2.11. The second-order valence-corrected chi connectivity index (χ2v) is 7.35. The van der Waals surface area contributed by atoms with Gasteiger partial charge in [-0.05, 0) is 74.4 Å². The Morgan fingerprint density at radius 3 is 2.58 bits per heavy atom. The minimum absolute atomic E-state index is 0.335. The van der Waals surface area contributed by atoms with Crippen molar-refractivity contribution >= 4 is 23.0 Å². The van der Waals surface area contributed by atoms with E-state index in [9.17, 15) is 0 Å². The maximum absolute atomic E-state index is 6.09. The van der Waals surface area contributed by atoms with Gasteiger partial charge in [-0.3, -0.25) is 0 Å². The van der Waals surface area contributed by atoms with Crippen molar-refractivity contribution in [3.8, 4) is 5.75 Å². The smallest absolute Gasteiger partial charge is 0.171 e. The van der Waals surface area contributed by atoms with Crippen LogP contribution in [0, 0.1) is 6.92 Å². The van der Waals surface area contributed by atoms with Crippen LogP contribution < -0.4 is 15.4 Å². The molecule has 0 atom stereocenters. The Morgan fingerprint density at radius 1 is 1.15 bits per heavy atom. The number of piperidine rings is 1.